The van der Waals surface area contributed by atoms with E-state index in [0.29, 0.717) is 11.3 Å². The molecule has 7 nitrogen and oxygen atoms in total. The fraction of sp³-hybridized carbons (Fsp3) is 0.304. The number of hydrogen-bond donors (Lipinski definition) is 2. The Bertz CT molecular complexity index is 892. The molecule has 0 saturated carbocycles. The number of Topliss-reactive ketones (excluding diaryl/α,β-unsaturated/α-hetero) is 1. The standard InChI is InChI=1S/C23H26N2O5/c1-15(2)22(25-20(27)13-17-7-5-4-6-8-17)23(29)30-14-21(28)24-19-11-9-18(10-12-19)16(3)26/h4-12,15,22H,13-14H2,1-3H3,(H,24,28)(H,25,27)/t22-/m0/s1. The Labute approximate surface area is 175 Å². The predicted molar refractivity (Wildman–Crippen MR) is 113 cm³/mol. The monoisotopic (exact) mass is 410 g/mol. The van der Waals surface area contributed by atoms with E-state index in [1.54, 1.807) is 38.1 Å². The summed E-state index contributed by atoms with van der Waals surface area (Å²) in [5.74, 6) is -1.77. The molecule has 158 valence electrons. The molecule has 0 aliphatic rings. The SMILES string of the molecule is CC(=O)c1ccc(NC(=O)COC(=O)[C@@H](NC(=O)Cc2ccccc2)C(C)C)cc1. The zero-order valence-electron chi connectivity index (χ0n) is 17.3. The first-order valence-electron chi connectivity index (χ1n) is 9.67. The van der Waals surface area contributed by atoms with Gasteiger partial charge in [0.1, 0.15) is 6.04 Å². The van der Waals surface area contributed by atoms with Crippen molar-refractivity contribution in [2.45, 2.75) is 33.2 Å². The lowest BCUT2D eigenvalue weighted by atomic mass is 10.0. The van der Waals surface area contributed by atoms with E-state index in [1.165, 1.54) is 6.92 Å². The van der Waals surface area contributed by atoms with E-state index in [1.807, 2.05) is 30.3 Å². The number of carbonyl (C=O) groups is 4. The van der Waals surface area contributed by atoms with Gasteiger partial charge in [0.15, 0.2) is 12.4 Å². The number of rotatable bonds is 9. The number of carbonyl (C=O) groups excluding carboxylic acids is 4. The van der Waals surface area contributed by atoms with Crippen LogP contribution in [0.4, 0.5) is 5.69 Å². The van der Waals surface area contributed by atoms with Crippen LogP contribution in [0.5, 0.6) is 0 Å². The van der Waals surface area contributed by atoms with E-state index in [9.17, 15) is 19.2 Å². The van der Waals surface area contributed by atoms with Crippen LogP contribution in [0.2, 0.25) is 0 Å². The quantitative estimate of drug-likeness (QED) is 0.489. The van der Waals surface area contributed by atoms with Crippen LogP contribution in [-0.4, -0.2) is 36.2 Å². The van der Waals surface area contributed by atoms with E-state index in [4.69, 9.17) is 4.74 Å². The summed E-state index contributed by atoms with van der Waals surface area (Å²) in [6, 6.07) is 14.7. The normalized spacial score (nSPS) is 11.5. The molecule has 0 spiro atoms. The van der Waals surface area contributed by atoms with Gasteiger partial charge in [-0.3, -0.25) is 14.4 Å². The Morgan fingerprint density at radius 3 is 2.10 bits per heavy atom. The van der Waals surface area contributed by atoms with Crippen LogP contribution in [0.25, 0.3) is 0 Å². The number of hydrogen-bond acceptors (Lipinski definition) is 5. The Morgan fingerprint density at radius 1 is 0.900 bits per heavy atom. The number of benzene rings is 2. The summed E-state index contributed by atoms with van der Waals surface area (Å²) in [4.78, 5) is 48.0. The van der Waals surface area contributed by atoms with Crippen molar-refractivity contribution in [3.05, 3.63) is 65.7 Å². The van der Waals surface area contributed by atoms with Crippen LogP contribution in [0.1, 0.15) is 36.7 Å². The maximum atomic E-state index is 12.4. The summed E-state index contributed by atoms with van der Waals surface area (Å²) >= 11 is 0. The molecule has 0 unspecified atom stereocenters. The molecule has 0 aromatic heterocycles. The number of amides is 2. The highest BCUT2D eigenvalue weighted by Crippen LogP contribution is 2.10. The molecule has 0 aliphatic carbocycles. The Morgan fingerprint density at radius 2 is 1.53 bits per heavy atom. The third kappa shape index (κ3) is 7.16. The summed E-state index contributed by atoms with van der Waals surface area (Å²) in [6.45, 7) is 4.54. The molecule has 2 amide bonds. The first kappa shape index (κ1) is 22.8. The lowest BCUT2D eigenvalue weighted by Gasteiger charge is -2.20. The highest BCUT2D eigenvalue weighted by atomic mass is 16.5. The lowest BCUT2D eigenvalue weighted by Crippen LogP contribution is -2.46. The van der Waals surface area contributed by atoms with Crippen molar-refractivity contribution in [3.8, 4) is 0 Å². The van der Waals surface area contributed by atoms with Gasteiger partial charge in [-0.1, -0.05) is 44.2 Å². The maximum Gasteiger partial charge on any atom is 0.329 e. The number of esters is 1. The van der Waals surface area contributed by atoms with Crippen molar-refractivity contribution in [1.29, 1.82) is 0 Å². The van der Waals surface area contributed by atoms with E-state index in [-0.39, 0.29) is 24.0 Å². The fourth-order valence-electron chi connectivity index (χ4n) is 2.72. The molecule has 2 N–H and O–H groups in total. The minimum atomic E-state index is -0.858. The Hall–Kier alpha value is -3.48. The first-order chi connectivity index (χ1) is 14.3. The Kier molecular flexibility index (Phi) is 8.29. The summed E-state index contributed by atoms with van der Waals surface area (Å²) in [6.07, 6.45) is 0.147. The van der Waals surface area contributed by atoms with Crippen LogP contribution in [0, 0.1) is 5.92 Å². The average Bonchev–Trinajstić information content (AvgIpc) is 2.71. The van der Waals surface area contributed by atoms with Gasteiger partial charge < -0.3 is 15.4 Å². The summed E-state index contributed by atoms with van der Waals surface area (Å²) in [7, 11) is 0. The maximum absolute atomic E-state index is 12.4. The second-order valence-electron chi connectivity index (χ2n) is 7.24. The minimum absolute atomic E-state index is 0.0733. The summed E-state index contributed by atoms with van der Waals surface area (Å²) in [5.41, 5.74) is 1.85. The van der Waals surface area contributed by atoms with Gasteiger partial charge in [-0.15, -0.1) is 0 Å². The van der Waals surface area contributed by atoms with Crippen LogP contribution >= 0.6 is 0 Å². The predicted octanol–water partition coefficient (Wildman–Crippen LogP) is 2.75. The van der Waals surface area contributed by atoms with Gasteiger partial charge in [0, 0.05) is 11.3 Å². The molecule has 2 rings (SSSR count). The van der Waals surface area contributed by atoms with Crippen molar-refractivity contribution >= 4 is 29.3 Å². The second kappa shape index (κ2) is 10.9. The van der Waals surface area contributed by atoms with Gasteiger partial charge in [-0.2, -0.15) is 0 Å². The third-order valence-electron chi connectivity index (χ3n) is 4.37. The van der Waals surface area contributed by atoms with Gasteiger partial charge in [0.25, 0.3) is 5.91 Å². The van der Waals surface area contributed by atoms with Gasteiger partial charge in [0.05, 0.1) is 6.42 Å². The molecule has 2 aromatic rings. The molecule has 2 aromatic carbocycles. The van der Waals surface area contributed by atoms with Gasteiger partial charge >= 0.3 is 5.97 Å². The fourth-order valence-corrected chi connectivity index (χ4v) is 2.72. The Balaban J connectivity index is 1.85. The number of ether oxygens (including phenoxy) is 1. The largest absolute Gasteiger partial charge is 0.454 e. The molecule has 0 saturated heterocycles. The highest BCUT2D eigenvalue weighted by molar-refractivity contribution is 5.96. The molecule has 0 fully saturated rings. The van der Waals surface area contributed by atoms with Gasteiger partial charge in [-0.05, 0) is 42.7 Å². The van der Waals surface area contributed by atoms with Crippen molar-refractivity contribution in [1.82, 2.24) is 5.32 Å². The second-order valence-corrected chi connectivity index (χ2v) is 7.24. The van der Waals surface area contributed by atoms with Crippen LogP contribution in [0.3, 0.4) is 0 Å². The highest BCUT2D eigenvalue weighted by Gasteiger charge is 2.26. The topological polar surface area (TPSA) is 102 Å². The van der Waals surface area contributed by atoms with Gasteiger partial charge in [-0.25, -0.2) is 4.79 Å². The smallest absolute Gasteiger partial charge is 0.329 e. The molecule has 0 aliphatic heterocycles. The zero-order valence-corrected chi connectivity index (χ0v) is 17.3. The van der Waals surface area contributed by atoms with E-state index in [2.05, 4.69) is 10.6 Å². The minimum Gasteiger partial charge on any atom is -0.454 e. The lowest BCUT2D eigenvalue weighted by molar-refractivity contribution is -0.151. The number of ketones is 1. The van der Waals surface area contributed by atoms with Crippen molar-refractivity contribution in [2.24, 2.45) is 5.92 Å². The first-order valence-corrected chi connectivity index (χ1v) is 9.67. The van der Waals surface area contributed by atoms with Crippen LogP contribution in [0.15, 0.2) is 54.6 Å². The zero-order chi connectivity index (χ0) is 22.1. The molecule has 30 heavy (non-hydrogen) atoms. The van der Waals surface area contributed by atoms with Crippen molar-refractivity contribution in [3.63, 3.8) is 0 Å². The van der Waals surface area contributed by atoms with E-state index >= 15 is 0 Å². The van der Waals surface area contributed by atoms with Crippen molar-refractivity contribution in [2.75, 3.05) is 11.9 Å². The molecule has 1 atom stereocenters. The molecular weight excluding hydrogens is 384 g/mol. The molecule has 0 bridgehead atoms. The van der Waals surface area contributed by atoms with E-state index in [0.717, 1.165) is 5.56 Å². The number of nitrogens with one attached hydrogen (secondary N) is 2. The number of anilines is 1. The summed E-state index contributed by atoms with van der Waals surface area (Å²) < 4.78 is 5.09. The van der Waals surface area contributed by atoms with Gasteiger partial charge in [0.2, 0.25) is 5.91 Å². The van der Waals surface area contributed by atoms with E-state index < -0.39 is 24.5 Å². The van der Waals surface area contributed by atoms with Crippen LogP contribution in [-0.2, 0) is 25.5 Å². The van der Waals surface area contributed by atoms with Crippen LogP contribution < -0.4 is 10.6 Å². The third-order valence-corrected chi connectivity index (χ3v) is 4.37. The summed E-state index contributed by atoms with van der Waals surface area (Å²) in [5, 5.41) is 5.27. The molecular formula is C23H26N2O5. The molecule has 7 heteroatoms. The van der Waals surface area contributed by atoms with Crippen molar-refractivity contribution < 1.29 is 23.9 Å². The average molecular weight is 410 g/mol. The molecule has 0 heterocycles. The molecule has 0 radical (unpaired) electrons.